The first-order chi connectivity index (χ1) is 10.3. The highest BCUT2D eigenvalue weighted by molar-refractivity contribution is 7.71. The van der Waals surface area contributed by atoms with E-state index in [2.05, 4.69) is 35.3 Å². The summed E-state index contributed by atoms with van der Waals surface area (Å²) in [6.07, 6.45) is 1.01. The second kappa shape index (κ2) is 6.10. The zero-order valence-electron chi connectivity index (χ0n) is 11.9. The molecule has 21 heavy (non-hydrogen) atoms. The number of aromatic amines is 1. The fourth-order valence-corrected chi connectivity index (χ4v) is 2.56. The van der Waals surface area contributed by atoms with E-state index in [1.807, 2.05) is 28.8 Å². The third kappa shape index (κ3) is 2.97. The molecule has 108 valence electrons. The minimum Gasteiger partial charge on any atom is -0.486 e. The number of hydrogen-bond acceptors (Lipinski definition) is 3. The van der Waals surface area contributed by atoms with Gasteiger partial charge in [-0.2, -0.15) is 5.10 Å². The molecule has 0 radical (unpaired) electrons. The van der Waals surface area contributed by atoms with Crippen LogP contribution in [0.3, 0.4) is 0 Å². The van der Waals surface area contributed by atoms with Gasteiger partial charge in [-0.25, -0.2) is 0 Å². The fraction of sp³-hybridized carbons (Fsp3) is 0.250. The molecular weight excluding hydrogens is 282 g/mol. The van der Waals surface area contributed by atoms with Crippen molar-refractivity contribution in [2.45, 2.75) is 26.5 Å². The molecule has 4 nitrogen and oxygen atoms in total. The van der Waals surface area contributed by atoms with E-state index >= 15 is 0 Å². The Hall–Kier alpha value is -2.14. The summed E-state index contributed by atoms with van der Waals surface area (Å²) in [6.45, 7) is 3.37. The van der Waals surface area contributed by atoms with Crippen LogP contribution in [0.15, 0.2) is 42.5 Å². The van der Waals surface area contributed by atoms with Crippen LogP contribution in [0, 0.1) is 4.77 Å². The van der Waals surface area contributed by atoms with E-state index in [-0.39, 0.29) is 0 Å². The second-order valence-corrected chi connectivity index (χ2v) is 5.28. The predicted molar refractivity (Wildman–Crippen MR) is 86.0 cm³/mol. The Morgan fingerprint density at radius 3 is 2.81 bits per heavy atom. The topological polar surface area (TPSA) is 42.8 Å². The number of H-pyrrole nitrogens is 1. The van der Waals surface area contributed by atoms with Crippen LogP contribution in [0.2, 0.25) is 0 Å². The van der Waals surface area contributed by atoms with Crippen LogP contribution in [-0.4, -0.2) is 14.8 Å². The van der Waals surface area contributed by atoms with E-state index in [1.165, 1.54) is 10.8 Å². The smallest absolute Gasteiger partial charge is 0.195 e. The van der Waals surface area contributed by atoms with Crippen LogP contribution >= 0.6 is 12.2 Å². The van der Waals surface area contributed by atoms with Crippen molar-refractivity contribution in [1.29, 1.82) is 0 Å². The molecule has 3 rings (SSSR count). The van der Waals surface area contributed by atoms with Gasteiger partial charge in [0.1, 0.15) is 12.4 Å². The molecule has 0 fully saturated rings. The first-order valence-corrected chi connectivity index (χ1v) is 7.44. The molecule has 2 aromatic carbocycles. The van der Waals surface area contributed by atoms with Crippen LogP contribution in [0.1, 0.15) is 19.2 Å². The molecule has 0 saturated heterocycles. The van der Waals surface area contributed by atoms with Gasteiger partial charge < -0.3 is 9.30 Å². The molecule has 0 bridgehead atoms. The Morgan fingerprint density at radius 1 is 1.19 bits per heavy atom. The van der Waals surface area contributed by atoms with Crippen molar-refractivity contribution in [3.05, 3.63) is 53.1 Å². The molecule has 0 aliphatic heterocycles. The van der Waals surface area contributed by atoms with Crippen molar-refractivity contribution in [2.75, 3.05) is 0 Å². The molecule has 0 saturated carbocycles. The van der Waals surface area contributed by atoms with Gasteiger partial charge in [0.05, 0.1) is 0 Å². The molecule has 0 aliphatic carbocycles. The largest absolute Gasteiger partial charge is 0.486 e. The van der Waals surface area contributed by atoms with Gasteiger partial charge in [-0.15, -0.1) is 0 Å². The molecule has 0 unspecified atom stereocenters. The fourth-order valence-electron chi connectivity index (χ4n) is 2.32. The van der Waals surface area contributed by atoms with E-state index in [4.69, 9.17) is 17.0 Å². The van der Waals surface area contributed by atoms with Gasteiger partial charge in [0.25, 0.3) is 0 Å². The zero-order valence-corrected chi connectivity index (χ0v) is 12.7. The summed E-state index contributed by atoms with van der Waals surface area (Å²) in [5.41, 5.74) is 0. The lowest BCUT2D eigenvalue weighted by Crippen LogP contribution is -2.07. The van der Waals surface area contributed by atoms with E-state index in [0.717, 1.165) is 24.5 Å². The van der Waals surface area contributed by atoms with Gasteiger partial charge in [0, 0.05) is 6.54 Å². The maximum absolute atomic E-state index is 5.85. The van der Waals surface area contributed by atoms with E-state index < -0.39 is 0 Å². The maximum Gasteiger partial charge on any atom is 0.195 e. The number of aromatic nitrogens is 3. The van der Waals surface area contributed by atoms with Gasteiger partial charge in [0.2, 0.25) is 0 Å². The van der Waals surface area contributed by atoms with Crippen molar-refractivity contribution < 1.29 is 4.74 Å². The van der Waals surface area contributed by atoms with Crippen molar-refractivity contribution in [3.8, 4) is 5.75 Å². The number of benzene rings is 2. The summed E-state index contributed by atoms with van der Waals surface area (Å²) in [5, 5.41) is 9.43. The highest BCUT2D eigenvalue weighted by Crippen LogP contribution is 2.21. The van der Waals surface area contributed by atoms with E-state index in [1.54, 1.807) is 0 Å². The van der Waals surface area contributed by atoms with Crippen LogP contribution < -0.4 is 4.74 Å². The van der Waals surface area contributed by atoms with Crippen molar-refractivity contribution in [2.24, 2.45) is 0 Å². The lowest BCUT2D eigenvalue weighted by atomic mass is 10.1. The summed E-state index contributed by atoms with van der Waals surface area (Å²) >= 11 is 5.22. The lowest BCUT2D eigenvalue weighted by molar-refractivity contribution is 0.289. The molecule has 1 aromatic heterocycles. The average molecular weight is 299 g/mol. The van der Waals surface area contributed by atoms with Crippen LogP contribution in [0.25, 0.3) is 10.8 Å². The SMILES string of the molecule is CCCn1c(COc2ccc3ccccc3c2)n[nH]c1=S. The minimum absolute atomic E-state index is 0.408. The summed E-state index contributed by atoms with van der Waals surface area (Å²) in [4.78, 5) is 0. The first-order valence-electron chi connectivity index (χ1n) is 7.03. The maximum atomic E-state index is 5.85. The normalized spacial score (nSPS) is 10.9. The molecule has 1 heterocycles. The summed E-state index contributed by atoms with van der Waals surface area (Å²) in [5.74, 6) is 1.67. The summed E-state index contributed by atoms with van der Waals surface area (Å²) in [7, 11) is 0. The van der Waals surface area contributed by atoms with Gasteiger partial charge in [-0.1, -0.05) is 37.3 Å². The van der Waals surface area contributed by atoms with Crippen LogP contribution in [0.5, 0.6) is 5.75 Å². The van der Waals surface area contributed by atoms with E-state index in [0.29, 0.717) is 11.4 Å². The number of ether oxygens (including phenoxy) is 1. The van der Waals surface area contributed by atoms with Crippen LogP contribution in [-0.2, 0) is 13.2 Å². The lowest BCUT2D eigenvalue weighted by Gasteiger charge is -2.08. The molecule has 3 aromatic rings. The Labute approximate surface area is 128 Å². The molecule has 0 spiro atoms. The van der Waals surface area contributed by atoms with Crippen LogP contribution in [0.4, 0.5) is 0 Å². The first kappa shape index (κ1) is 13.8. The number of fused-ring (bicyclic) bond motifs is 1. The van der Waals surface area contributed by atoms with Crippen molar-refractivity contribution in [1.82, 2.24) is 14.8 Å². The Morgan fingerprint density at radius 2 is 2.00 bits per heavy atom. The number of nitrogens with zero attached hydrogens (tertiary/aromatic N) is 2. The summed E-state index contributed by atoms with van der Waals surface area (Å²) < 4.78 is 8.48. The minimum atomic E-state index is 0.408. The Kier molecular flexibility index (Phi) is 4.01. The van der Waals surface area contributed by atoms with Gasteiger partial charge in [-0.05, 0) is 41.5 Å². The third-order valence-corrected chi connectivity index (χ3v) is 3.69. The van der Waals surface area contributed by atoms with Gasteiger partial charge in [0.15, 0.2) is 10.6 Å². The predicted octanol–water partition coefficient (Wildman–Crippen LogP) is 4.08. The third-order valence-electron chi connectivity index (χ3n) is 3.37. The highest BCUT2D eigenvalue weighted by atomic mass is 32.1. The standard InChI is InChI=1S/C16H17N3OS/c1-2-9-19-15(17-18-16(19)21)11-20-14-8-7-12-5-3-4-6-13(12)10-14/h3-8,10H,2,9,11H2,1H3,(H,18,21). The van der Waals surface area contributed by atoms with Crippen molar-refractivity contribution in [3.63, 3.8) is 0 Å². The monoisotopic (exact) mass is 299 g/mol. The zero-order chi connectivity index (χ0) is 14.7. The molecule has 0 amide bonds. The van der Waals surface area contributed by atoms with Gasteiger partial charge >= 0.3 is 0 Å². The highest BCUT2D eigenvalue weighted by Gasteiger charge is 2.06. The number of hydrogen-bond donors (Lipinski definition) is 1. The quantitative estimate of drug-likeness (QED) is 0.722. The average Bonchev–Trinajstić information content (AvgIpc) is 2.86. The summed E-state index contributed by atoms with van der Waals surface area (Å²) in [6, 6.07) is 14.3. The number of nitrogens with one attached hydrogen (secondary N) is 1. The Balaban J connectivity index is 1.78. The molecule has 0 aliphatic rings. The Bertz CT molecular complexity index is 806. The molecule has 0 atom stereocenters. The molecule has 5 heteroatoms. The number of rotatable bonds is 5. The van der Waals surface area contributed by atoms with Crippen molar-refractivity contribution >= 4 is 23.0 Å². The van der Waals surface area contributed by atoms with E-state index in [9.17, 15) is 0 Å². The molecular formula is C16H17N3OS. The van der Waals surface area contributed by atoms with Gasteiger partial charge in [-0.3, -0.25) is 5.10 Å². The second-order valence-electron chi connectivity index (χ2n) is 4.89. The molecule has 1 N–H and O–H groups in total.